The first-order valence-electron chi connectivity index (χ1n) is 18.5. The highest BCUT2D eigenvalue weighted by Gasteiger charge is 2.18. The minimum Gasteiger partial charge on any atom is -0.311 e. The SMILES string of the molecule is [2H]c1c([2H])c([2H])c(N(c2ccc(-c3ccccc3)cc2)c2ccc(-c3ccccc3-n3c4ccccc4c4ccc5ccccc5c43)cc2)c([2H])c1[2H]. The molecule has 9 rings (SSSR count). The van der Waals surface area contributed by atoms with Gasteiger partial charge in [-0.25, -0.2) is 0 Å². The number of anilines is 3. The summed E-state index contributed by atoms with van der Waals surface area (Å²) in [6.45, 7) is 0. The van der Waals surface area contributed by atoms with Crippen LogP contribution in [0.25, 0.3) is 60.5 Å². The maximum Gasteiger partial charge on any atom is 0.0645 e. The molecule has 0 fully saturated rings. The van der Waals surface area contributed by atoms with E-state index in [0.717, 1.165) is 39.0 Å². The summed E-state index contributed by atoms with van der Waals surface area (Å²) in [5.74, 6) is 0. The summed E-state index contributed by atoms with van der Waals surface area (Å²) in [5, 5.41) is 4.73. The molecule has 0 aliphatic rings. The molecule has 0 aliphatic heterocycles. The number of hydrogen-bond donors (Lipinski definition) is 0. The fraction of sp³-hybridized carbons (Fsp3) is 0. The number of nitrogens with zero attached hydrogens (tertiary/aromatic N) is 2. The molecule has 226 valence electrons. The third-order valence-electron chi connectivity index (χ3n) is 9.08. The van der Waals surface area contributed by atoms with Crippen LogP contribution in [0.5, 0.6) is 0 Å². The smallest absolute Gasteiger partial charge is 0.0645 e. The number of hydrogen-bond acceptors (Lipinski definition) is 1. The van der Waals surface area contributed by atoms with Gasteiger partial charge in [-0.05, 0) is 70.6 Å². The molecule has 0 unspecified atom stereocenters. The van der Waals surface area contributed by atoms with Crippen LogP contribution in [0.3, 0.4) is 0 Å². The van der Waals surface area contributed by atoms with Gasteiger partial charge in [0.25, 0.3) is 0 Å². The molecule has 0 aliphatic carbocycles. The van der Waals surface area contributed by atoms with Crippen molar-refractivity contribution in [3.63, 3.8) is 0 Å². The first kappa shape index (κ1) is 23.0. The van der Waals surface area contributed by atoms with Crippen molar-refractivity contribution in [2.45, 2.75) is 0 Å². The van der Waals surface area contributed by atoms with Gasteiger partial charge >= 0.3 is 0 Å². The summed E-state index contributed by atoms with van der Waals surface area (Å²) in [6.07, 6.45) is 0. The lowest BCUT2D eigenvalue weighted by molar-refractivity contribution is 1.19. The molecule has 1 heterocycles. The summed E-state index contributed by atoms with van der Waals surface area (Å²) in [6, 6.07) is 54.0. The molecule has 9 aromatic rings. The second kappa shape index (κ2) is 11.8. The summed E-state index contributed by atoms with van der Waals surface area (Å²) in [7, 11) is 0. The lowest BCUT2D eigenvalue weighted by Crippen LogP contribution is -2.09. The molecule has 0 amide bonds. The van der Waals surface area contributed by atoms with E-state index in [1.807, 2.05) is 84.9 Å². The maximum absolute atomic E-state index is 8.90. The van der Waals surface area contributed by atoms with Gasteiger partial charge in [-0.15, -0.1) is 0 Å². The Kier molecular flexibility index (Phi) is 5.64. The summed E-state index contributed by atoms with van der Waals surface area (Å²) in [4.78, 5) is 1.75. The minimum absolute atomic E-state index is 0.0915. The average Bonchev–Trinajstić information content (AvgIpc) is 3.56. The largest absolute Gasteiger partial charge is 0.311 e. The van der Waals surface area contributed by atoms with Crippen LogP contribution in [0.4, 0.5) is 17.1 Å². The molecule has 2 nitrogen and oxygen atoms in total. The molecule has 0 spiro atoms. The lowest BCUT2D eigenvalue weighted by Gasteiger charge is -2.26. The van der Waals surface area contributed by atoms with Crippen molar-refractivity contribution in [2.75, 3.05) is 4.90 Å². The van der Waals surface area contributed by atoms with E-state index < -0.39 is 6.04 Å². The van der Waals surface area contributed by atoms with Crippen molar-refractivity contribution in [1.82, 2.24) is 4.57 Å². The summed E-state index contributed by atoms with van der Waals surface area (Å²) < 4.78 is 45.3. The van der Waals surface area contributed by atoms with E-state index in [2.05, 4.69) is 83.4 Å². The average molecular weight is 618 g/mol. The Labute approximate surface area is 287 Å². The summed E-state index contributed by atoms with van der Waals surface area (Å²) >= 11 is 0. The highest BCUT2D eigenvalue weighted by molar-refractivity contribution is 6.18. The molecular weight excluding hydrogens is 581 g/mol. The zero-order chi connectivity index (χ0) is 36.2. The van der Waals surface area contributed by atoms with Crippen molar-refractivity contribution in [1.29, 1.82) is 0 Å². The van der Waals surface area contributed by atoms with Crippen LogP contribution in [-0.4, -0.2) is 4.57 Å². The van der Waals surface area contributed by atoms with Crippen LogP contribution in [-0.2, 0) is 0 Å². The Morgan fingerprint density at radius 1 is 0.417 bits per heavy atom. The predicted octanol–water partition coefficient (Wildman–Crippen LogP) is 12.7. The van der Waals surface area contributed by atoms with Crippen LogP contribution in [0.15, 0.2) is 194 Å². The third-order valence-corrected chi connectivity index (χ3v) is 9.08. The van der Waals surface area contributed by atoms with Gasteiger partial charge in [-0.3, -0.25) is 0 Å². The molecule has 0 saturated carbocycles. The van der Waals surface area contributed by atoms with Crippen LogP contribution < -0.4 is 4.90 Å². The highest BCUT2D eigenvalue weighted by atomic mass is 15.1. The zero-order valence-corrected chi connectivity index (χ0v) is 26.0. The molecule has 0 radical (unpaired) electrons. The number of aromatic nitrogens is 1. The standard InChI is InChI=1S/C46H32N2/c1-3-13-33(14-4-1)34-23-28-38(29-24-34)47(37-16-5-2-6-17-37)39-30-25-36(26-31-39)40-18-9-11-21-44(40)48-45-22-12-10-20-42(45)43-32-27-35-15-7-8-19-41(35)46(43)48/h1-32H/i2D,5D,6D,16D,17D. The van der Waals surface area contributed by atoms with Crippen LogP contribution in [0.1, 0.15) is 6.85 Å². The van der Waals surface area contributed by atoms with E-state index in [-0.39, 0.29) is 29.9 Å². The van der Waals surface area contributed by atoms with Crippen LogP contribution in [0.2, 0.25) is 0 Å². The van der Waals surface area contributed by atoms with Crippen molar-refractivity contribution >= 4 is 49.6 Å². The topological polar surface area (TPSA) is 8.17 Å². The molecule has 0 atom stereocenters. The first-order chi connectivity index (χ1) is 25.9. The van der Waals surface area contributed by atoms with Gasteiger partial charge in [0.05, 0.1) is 23.6 Å². The van der Waals surface area contributed by atoms with Crippen molar-refractivity contribution < 1.29 is 6.85 Å². The Morgan fingerprint density at radius 2 is 1.02 bits per heavy atom. The molecular formula is C46H32N2. The van der Waals surface area contributed by atoms with Gasteiger partial charge in [-0.2, -0.15) is 0 Å². The zero-order valence-electron chi connectivity index (χ0n) is 31.0. The van der Waals surface area contributed by atoms with Crippen LogP contribution in [0, 0.1) is 0 Å². The highest BCUT2D eigenvalue weighted by Crippen LogP contribution is 2.41. The van der Waals surface area contributed by atoms with E-state index in [1.54, 1.807) is 4.90 Å². The Hall–Kier alpha value is -6.38. The summed E-state index contributed by atoms with van der Waals surface area (Å²) in [5.41, 5.74) is 8.85. The first-order valence-corrected chi connectivity index (χ1v) is 16.0. The van der Waals surface area contributed by atoms with Crippen molar-refractivity contribution in [3.8, 4) is 27.9 Å². The van der Waals surface area contributed by atoms with E-state index >= 15 is 0 Å². The second-order valence-corrected chi connectivity index (χ2v) is 11.8. The fourth-order valence-corrected chi connectivity index (χ4v) is 6.88. The number of benzene rings is 8. The van der Waals surface area contributed by atoms with Gasteiger partial charge in [0, 0.05) is 38.8 Å². The van der Waals surface area contributed by atoms with Gasteiger partial charge in [0.1, 0.15) is 0 Å². The molecule has 0 bridgehead atoms. The molecule has 8 aromatic carbocycles. The fourth-order valence-electron chi connectivity index (χ4n) is 6.88. The minimum atomic E-state index is -0.423. The molecule has 48 heavy (non-hydrogen) atoms. The molecule has 0 saturated heterocycles. The van der Waals surface area contributed by atoms with E-state index in [4.69, 9.17) is 6.85 Å². The predicted molar refractivity (Wildman–Crippen MR) is 204 cm³/mol. The maximum atomic E-state index is 8.90. The number of fused-ring (bicyclic) bond motifs is 5. The normalized spacial score (nSPS) is 12.8. The Balaban J connectivity index is 1.21. The lowest BCUT2D eigenvalue weighted by atomic mass is 10.0. The molecule has 2 heteroatoms. The van der Waals surface area contributed by atoms with Gasteiger partial charge in [-0.1, -0.05) is 146 Å². The van der Waals surface area contributed by atoms with Crippen LogP contribution >= 0.6 is 0 Å². The van der Waals surface area contributed by atoms with Crippen molar-refractivity contribution in [3.05, 3.63) is 194 Å². The van der Waals surface area contributed by atoms with Gasteiger partial charge in [0.2, 0.25) is 0 Å². The quantitative estimate of drug-likeness (QED) is 0.180. The van der Waals surface area contributed by atoms with E-state index in [9.17, 15) is 0 Å². The van der Waals surface area contributed by atoms with Gasteiger partial charge in [0.15, 0.2) is 0 Å². The number of para-hydroxylation sites is 3. The second-order valence-electron chi connectivity index (χ2n) is 11.8. The van der Waals surface area contributed by atoms with E-state index in [0.29, 0.717) is 11.4 Å². The Morgan fingerprint density at radius 3 is 1.79 bits per heavy atom. The van der Waals surface area contributed by atoms with E-state index in [1.165, 1.54) is 21.5 Å². The molecule has 0 N–H and O–H groups in total. The number of rotatable bonds is 6. The van der Waals surface area contributed by atoms with Crippen molar-refractivity contribution in [2.24, 2.45) is 0 Å². The molecule has 1 aromatic heterocycles. The monoisotopic (exact) mass is 617 g/mol. The van der Waals surface area contributed by atoms with Gasteiger partial charge < -0.3 is 9.47 Å². The third kappa shape index (κ3) is 4.74. The Bertz CT molecular complexity index is 2800.